The maximum atomic E-state index is 10.0. The van der Waals surface area contributed by atoms with Crippen LogP contribution in [0, 0.1) is 0 Å². The summed E-state index contributed by atoms with van der Waals surface area (Å²) in [4.78, 5) is 28.6. The first-order valence-electron chi connectivity index (χ1n) is 9.98. The maximum absolute atomic E-state index is 10.0. The molecule has 162 valence electrons. The van der Waals surface area contributed by atoms with Crippen LogP contribution in [-0.2, 0) is 29.7 Å². The smallest absolute Gasteiger partial charge is 0.300 e. The summed E-state index contributed by atoms with van der Waals surface area (Å²) < 4.78 is 0. The predicted octanol–water partition coefficient (Wildman–Crippen LogP) is 6.05. The number of benzene rings is 2. The number of pyridine rings is 2. The molecule has 32 heavy (non-hydrogen) atoms. The van der Waals surface area contributed by atoms with Crippen molar-refractivity contribution in [2.75, 3.05) is 0 Å². The van der Waals surface area contributed by atoms with Crippen LogP contribution in [0.4, 0.5) is 0 Å². The van der Waals surface area contributed by atoms with Crippen molar-refractivity contribution in [3.8, 4) is 22.5 Å². The van der Waals surface area contributed by atoms with Crippen LogP contribution in [0.15, 0.2) is 109 Å². The fraction of sp³-hybridized carbons (Fsp3) is 0.111. The van der Waals surface area contributed by atoms with Gasteiger partial charge in [0.15, 0.2) is 0 Å². The molecule has 0 amide bonds. The van der Waals surface area contributed by atoms with E-state index in [1.807, 2.05) is 85.2 Å². The largest absolute Gasteiger partial charge is 3.00 e. The van der Waals surface area contributed by atoms with E-state index in [1.54, 1.807) is 0 Å². The van der Waals surface area contributed by atoms with Gasteiger partial charge in [0.1, 0.15) is 11.6 Å². The molecule has 2 aromatic heterocycles. The van der Waals surface area contributed by atoms with Gasteiger partial charge in [-0.1, -0.05) is 72.8 Å². The monoisotopic (exact) mass is 603 g/mol. The van der Waals surface area contributed by atoms with Gasteiger partial charge in [0.2, 0.25) is 0 Å². The zero-order chi connectivity index (χ0) is 22.3. The summed E-state index contributed by atoms with van der Waals surface area (Å²) in [6.45, 7) is 2.81. The molecule has 0 bridgehead atoms. The Bertz CT molecular complexity index is 880. The summed E-state index contributed by atoms with van der Waals surface area (Å²) in [5, 5.41) is 0. The molecular formula is C27H26IrN2O2+3. The van der Waals surface area contributed by atoms with Crippen molar-refractivity contribution in [1.29, 1.82) is 0 Å². The van der Waals surface area contributed by atoms with Crippen LogP contribution < -0.4 is 0 Å². The minimum atomic E-state index is -0.0625. The van der Waals surface area contributed by atoms with E-state index >= 15 is 0 Å². The zero-order valence-corrected chi connectivity index (χ0v) is 20.5. The molecular weight excluding hydrogens is 577 g/mol. The zero-order valence-electron chi connectivity index (χ0n) is 18.1. The number of aromatic nitrogens is 2. The number of rotatable bonds is 4. The Kier molecular flexibility index (Phi) is 13.0. The van der Waals surface area contributed by atoms with E-state index in [9.17, 15) is 9.59 Å². The molecule has 0 aliphatic rings. The first kappa shape index (κ1) is 26.8. The van der Waals surface area contributed by atoms with E-state index in [-0.39, 0.29) is 38.1 Å². The Labute approximate surface area is 203 Å². The molecule has 0 aliphatic heterocycles. The summed E-state index contributed by atoms with van der Waals surface area (Å²) in [7, 11) is 0. The molecule has 0 atom stereocenters. The van der Waals surface area contributed by atoms with Crippen molar-refractivity contribution in [2.24, 2.45) is 0 Å². The van der Waals surface area contributed by atoms with Crippen LogP contribution >= 0.6 is 0 Å². The summed E-state index contributed by atoms with van der Waals surface area (Å²) in [5.74, 6) is -0.125. The molecule has 0 unspecified atom stereocenters. The van der Waals surface area contributed by atoms with Crippen molar-refractivity contribution in [3.05, 3.63) is 109 Å². The summed E-state index contributed by atoms with van der Waals surface area (Å²) >= 11 is 0. The molecule has 0 radical (unpaired) electrons. The van der Waals surface area contributed by atoms with Gasteiger partial charge >= 0.3 is 20.1 Å². The molecule has 0 fully saturated rings. The number of carbonyl (C=O) groups excluding carboxylic acids is 2. The van der Waals surface area contributed by atoms with Gasteiger partial charge in [-0.15, -0.1) is 0 Å². The number of Topliss-reactive ketones (excluding diaryl/α,β-unsaturated/α-hetero) is 2. The maximum Gasteiger partial charge on any atom is 3.00 e. The summed E-state index contributed by atoms with van der Waals surface area (Å²) in [6.07, 6.45) is 3.70. The topological polar surface area (TPSA) is 59.9 Å². The Hall–Kier alpha value is -3.27. The fourth-order valence-corrected chi connectivity index (χ4v) is 2.64. The minimum Gasteiger partial charge on any atom is -0.300 e. The first-order chi connectivity index (χ1) is 15.1. The van der Waals surface area contributed by atoms with Crippen molar-refractivity contribution in [3.63, 3.8) is 0 Å². The van der Waals surface area contributed by atoms with Crippen LogP contribution in [0.25, 0.3) is 22.5 Å². The van der Waals surface area contributed by atoms with E-state index in [2.05, 4.69) is 34.2 Å². The second-order valence-corrected chi connectivity index (χ2v) is 6.74. The average molecular weight is 603 g/mol. The molecule has 0 N–H and O–H groups in total. The SMILES string of the molecule is CC(=O)CC(C)=O.[Ir+3].c1ccc(-c2ccccn2)cc1.c1ccc(-c2ccccn2)cc1. The molecule has 0 spiro atoms. The molecule has 5 heteroatoms. The molecule has 4 aromatic rings. The Morgan fingerprint density at radius 2 is 0.906 bits per heavy atom. The average Bonchev–Trinajstić information content (AvgIpc) is 2.81. The summed E-state index contributed by atoms with van der Waals surface area (Å²) in [6, 6.07) is 32.2. The Balaban J connectivity index is 0.000000246. The molecule has 4 nitrogen and oxygen atoms in total. The van der Waals surface area contributed by atoms with Gasteiger partial charge < -0.3 is 0 Å². The third-order valence-electron chi connectivity index (χ3n) is 3.97. The van der Waals surface area contributed by atoms with Crippen LogP contribution in [-0.4, -0.2) is 21.5 Å². The molecule has 4 rings (SSSR count). The molecule has 2 aromatic carbocycles. The molecule has 0 saturated heterocycles. The number of hydrogen-bond acceptors (Lipinski definition) is 4. The van der Waals surface area contributed by atoms with Crippen molar-refractivity contribution >= 4 is 11.6 Å². The number of nitrogens with zero attached hydrogens (tertiary/aromatic N) is 2. The third kappa shape index (κ3) is 10.7. The fourth-order valence-electron chi connectivity index (χ4n) is 2.64. The quantitative estimate of drug-likeness (QED) is 0.267. The second kappa shape index (κ2) is 15.5. The van der Waals surface area contributed by atoms with E-state index in [0.29, 0.717) is 0 Å². The van der Waals surface area contributed by atoms with Gasteiger partial charge in [-0.2, -0.15) is 0 Å². The summed E-state index contributed by atoms with van der Waals surface area (Å²) in [5.41, 5.74) is 4.38. The van der Waals surface area contributed by atoms with Crippen molar-refractivity contribution in [1.82, 2.24) is 9.97 Å². The number of hydrogen-bond donors (Lipinski definition) is 0. The second-order valence-electron chi connectivity index (χ2n) is 6.74. The first-order valence-corrected chi connectivity index (χ1v) is 9.98. The Morgan fingerprint density at radius 1 is 0.562 bits per heavy atom. The normalized spacial score (nSPS) is 9.06. The van der Waals surface area contributed by atoms with E-state index < -0.39 is 0 Å². The third-order valence-corrected chi connectivity index (χ3v) is 3.97. The van der Waals surface area contributed by atoms with E-state index in [0.717, 1.165) is 22.5 Å². The van der Waals surface area contributed by atoms with E-state index in [4.69, 9.17) is 0 Å². The van der Waals surface area contributed by atoms with Gasteiger partial charge in [0, 0.05) is 23.5 Å². The van der Waals surface area contributed by atoms with Crippen LogP contribution in [0.3, 0.4) is 0 Å². The van der Waals surface area contributed by atoms with Gasteiger partial charge in [-0.25, -0.2) is 0 Å². The van der Waals surface area contributed by atoms with Crippen molar-refractivity contribution in [2.45, 2.75) is 20.3 Å². The van der Waals surface area contributed by atoms with Crippen LogP contribution in [0.2, 0.25) is 0 Å². The van der Waals surface area contributed by atoms with Gasteiger partial charge in [-0.3, -0.25) is 19.6 Å². The van der Waals surface area contributed by atoms with Crippen LogP contribution in [0.5, 0.6) is 0 Å². The molecule has 2 heterocycles. The number of carbonyl (C=O) groups is 2. The van der Waals surface area contributed by atoms with Crippen molar-refractivity contribution < 1.29 is 29.7 Å². The van der Waals surface area contributed by atoms with E-state index in [1.165, 1.54) is 13.8 Å². The molecule has 0 saturated carbocycles. The van der Waals surface area contributed by atoms with Crippen LogP contribution in [0.1, 0.15) is 20.3 Å². The van der Waals surface area contributed by atoms with Gasteiger partial charge in [-0.05, 0) is 38.1 Å². The standard InChI is InChI=1S/2C11H9N.C5H8O2.Ir/c2*1-2-6-10(7-3-1)11-8-4-5-9-12-11;1-4(6)3-5(2)7;/h2*1-9H;3H2,1-2H3;/q;;;+3. The predicted molar refractivity (Wildman–Crippen MR) is 125 cm³/mol. The van der Waals surface area contributed by atoms with Gasteiger partial charge in [0.25, 0.3) is 0 Å². The number of ketones is 2. The van der Waals surface area contributed by atoms with Gasteiger partial charge in [0.05, 0.1) is 17.8 Å². The Morgan fingerprint density at radius 3 is 1.16 bits per heavy atom. The molecule has 0 aliphatic carbocycles. The minimum absolute atomic E-state index is 0.